The van der Waals surface area contributed by atoms with Gasteiger partial charge in [-0.1, -0.05) is 83.9 Å². The molecule has 2 aliphatic rings. The summed E-state index contributed by atoms with van der Waals surface area (Å²) < 4.78 is 3.05. The van der Waals surface area contributed by atoms with E-state index in [1.54, 1.807) is 12.1 Å². The molecule has 45 heavy (non-hydrogen) atoms. The van der Waals surface area contributed by atoms with Gasteiger partial charge < -0.3 is 5.11 Å². The molecule has 0 bridgehead atoms. The quantitative estimate of drug-likeness (QED) is 0.186. The lowest BCUT2D eigenvalue weighted by Gasteiger charge is -2.10. The molecule has 7 nitrogen and oxygen atoms in total. The summed E-state index contributed by atoms with van der Waals surface area (Å²) in [7, 11) is 0. The first-order valence-corrected chi connectivity index (χ1v) is 16.7. The number of aromatic carboxylic acids is 1. The van der Waals surface area contributed by atoms with Crippen molar-refractivity contribution >= 4 is 88.7 Å². The molecule has 2 aliphatic carbocycles. The number of rotatable bonds is 4. The number of nitrogens with one attached hydrogen (secondary N) is 1. The van der Waals surface area contributed by atoms with E-state index in [9.17, 15) is 9.59 Å². The van der Waals surface area contributed by atoms with Gasteiger partial charge in [0.15, 0.2) is 0 Å². The molecular formula is C34H26Br2Cl2N4O3. The molecule has 2 heterocycles. The third-order valence-corrected chi connectivity index (χ3v) is 9.52. The SMILES string of the molecule is Brc1[nH]nc2ccccc12.O=C(O)c1c(Cl)cccc1C1CC1.O=C(c1c(Cl)cccc1C1CC1)n1nc(Br)c2ccccc21. The van der Waals surface area contributed by atoms with Gasteiger partial charge in [-0.15, -0.1) is 0 Å². The van der Waals surface area contributed by atoms with Gasteiger partial charge in [-0.05, 0) is 105 Å². The number of H-pyrrole nitrogens is 1. The molecule has 6 aromatic rings. The number of carbonyl (C=O) groups is 2. The van der Waals surface area contributed by atoms with Crippen molar-refractivity contribution in [1.82, 2.24) is 20.0 Å². The number of hydrogen-bond donors (Lipinski definition) is 2. The molecule has 0 amide bonds. The van der Waals surface area contributed by atoms with E-state index < -0.39 is 5.97 Å². The Bertz CT molecular complexity index is 2050. The maximum atomic E-state index is 13.0. The number of fused-ring (bicyclic) bond motifs is 2. The van der Waals surface area contributed by atoms with Crippen molar-refractivity contribution in [3.05, 3.63) is 126 Å². The molecule has 2 aromatic heterocycles. The van der Waals surface area contributed by atoms with Crippen molar-refractivity contribution in [3.63, 3.8) is 0 Å². The van der Waals surface area contributed by atoms with E-state index in [1.165, 1.54) is 4.68 Å². The summed E-state index contributed by atoms with van der Waals surface area (Å²) >= 11 is 18.9. The van der Waals surface area contributed by atoms with Crippen LogP contribution in [0.2, 0.25) is 10.0 Å². The minimum Gasteiger partial charge on any atom is -0.478 e. The van der Waals surface area contributed by atoms with Crippen molar-refractivity contribution in [2.45, 2.75) is 37.5 Å². The van der Waals surface area contributed by atoms with Crippen LogP contribution in [-0.4, -0.2) is 37.0 Å². The van der Waals surface area contributed by atoms with Crippen LogP contribution < -0.4 is 0 Å². The third kappa shape index (κ3) is 6.87. The topological polar surface area (TPSA) is 101 Å². The number of nitrogens with zero attached hydrogens (tertiary/aromatic N) is 3. The molecule has 2 saturated carbocycles. The molecule has 0 saturated heterocycles. The molecule has 0 unspecified atom stereocenters. The largest absolute Gasteiger partial charge is 0.478 e. The van der Waals surface area contributed by atoms with Gasteiger partial charge in [0.25, 0.3) is 5.91 Å². The molecule has 228 valence electrons. The number of aromatic nitrogens is 4. The van der Waals surface area contributed by atoms with Crippen molar-refractivity contribution < 1.29 is 14.7 Å². The average molecular weight is 769 g/mol. The minimum absolute atomic E-state index is 0.172. The Hall–Kier alpha value is -3.50. The smallest absolute Gasteiger partial charge is 0.337 e. The number of carboxylic acid groups (broad SMARTS) is 1. The molecule has 0 spiro atoms. The highest BCUT2D eigenvalue weighted by atomic mass is 79.9. The number of aromatic amines is 1. The standard InChI is InChI=1S/C17H12BrClN2O.C10H9ClO2.C7H5BrN2/c18-16-12-4-1-2-7-14(12)21(20-16)17(22)15-11(10-8-9-10)5-3-6-13(15)19;11-8-3-1-2-7(6-4-5-6)9(8)10(12)13;8-7-5-3-1-2-4-6(5)9-10-7/h1-7,10H,8-9H2;1-3,6H,4-5H2,(H,12,13);1-4H,(H,9,10). The molecular weight excluding hydrogens is 743 g/mol. The van der Waals surface area contributed by atoms with Crippen molar-refractivity contribution in [1.29, 1.82) is 0 Å². The highest BCUT2D eigenvalue weighted by Crippen LogP contribution is 2.44. The second kappa shape index (κ2) is 13.5. The molecule has 4 aromatic carbocycles. The van der Waals surface area contributed by atoms with Crippen LogP contribution in [0.4, 0.5) is 0 Å². The van der Waals surface area contributed by atoms with E-state index in [1.807, 2.05) is 72.8 Å². The zero-order valence-corrected chi connectivity index (χ0v) is 28.4. The molecule has 2 fully saturated rings. The fourth-order valence-electron chi connectivity index (χ4n) is 5.22. The van der Waals surface area contributed by atoms with Gasteiger partial charge >= 0.3 is 5.97 Å². The summed E-state index contributed by atoms with van der Waals surface area (Å²) in [6.07, 6.45) is 4.40. The van der Waals surface area contributed by atoms with Gasteiger partial charge in [-0.25, -0.2) is 4.79 Å². The summed E-state index contributed by atoms with van der Waals surface area (Å²) in [5.74, 6) is -0.227. The lowest BCUT2D eigenvalue weighted by Crippen LogP contribution is -2.16. The number of halogens is 4. The summed E-state index contributed by atoms with van der Waals surface area (Å²) in [4.78, 5) is 23.9. The Morgan fingerprint density at radius 2 is 1.31 bits per heavy atom. The van der Waals surface area contributed by atoms with Crippen LogP contribution in [0.3, 0.4) is 0 Å². The predicted molar refractivity (Wildman–Crippen MR) is 185 cm³/mol. The van der Waals surface area contributed by atoms with Gasteiger partial charge in [0, 0.05) is 10.8 Å². The molecule has 8 rings (SSSR count). The van der Waals surface area contributed by atoms with Crippen LogP contribution in [0, 0.1) is 0 Å². The van der Waals surface area contributed by atoms with Crippen molar-refractivity contribution in [2.24, 2.45) is 0 Å². The molecule has 11 heteroatoms. The van der Waals surface area contributed by atoms with E-state index >= 15 is 0 Å². The van der Waals surface area contributed by atoms with Gasteiger partial charge in [-0.2, -0.15) is 14.9 Å². The lowest BCUT2D eigenvalue weighted by molar-refractivity contribution is 0.0695. The zero-order valence-electron chi connectivity index (χ0n) is 23.7. The van der Waals surface area contributed by atoms with Crippen LogP contribution in [0.15, 0.2) is 94.1 Å². The first-order valence-electron chi connectivity index (χ1n) is 14.3. The summed E-state index contributed by atoms with van der Waals surface area (Å²) in [6.45, 7) is 0. The molecule has 2 N–H and O–H groups in total. The number of carboxylic acids is 1. The predicted octanol–water partition coefficient (Wildman–Crippen LogP) is 10.3. The Morgan fingerprint density at radius 1 is 0.756 bits per heavy atom. The number of para-hydroxylation sites is 2. The van der Waals surface area contributed by atoms with Gasteiger partial charge in [-0.3, -0.25) is 9.89 Å². The van der Waals surface area contributed by atoms with E-state index in [2.05, 4.69) is 47.2 Å². The second-order valence-electron chi connectivity index (χ2n) is 10.8. The van der Waals surface area contributed by atoms with Gasteiger partial charge in [0.05, 0.1) is 32.2 Å². The zero-order chi connectivity index (χ0) is 31.7. The summed E-state index contributed by atoms with van der Waals surface area (Å²) in [6, 6.07) is 26.5. The molecule has 0 radical (unpaired) electrons. The summed E-state index contributed by atoms with van der Waals surface area (Å²) in [5.41, 5.74) is 4.56. The fourth-order valence-corrected chi connectivity index (χ4v) is 6.66. The van der Waals surface area contributed by atoms with Gasteiger partial charge in [0.1, 0.15) is 9.21 Å². The average Bonchev–Trinajstić information content (AvgIpc) is 3.98. The van der Waals surface area contributed by atoms with Crippen molar-refractivity contribution in [3.8, 4) is 0 Å². The number of hydrogen-bond acceptors (Lipinski definition) is 4. The summed E-state index contributed by atoms with van der Waals surface area (Å²) in [5, 5.41) is 23.1. The molecule has 0 atom stereocenters. The lowest BCUT2D eigenvalue weighted by atomic mass is 10.0. The maximum Gasteiger partial charge on any atom is 0.337 e. The maximum absolute atomic E-state index is 13.0. The van der Waals surface area contributed by atoms with Crippen molar-refractivity contribution in [2.75, 3.05) is 0 Å². The second-order valence-corrected chi connectivity index (χ2v) is 13.2. The Balaban J connectivity index is 0.000000131. The van der Waals surface area contributed by atoms with Crippen LogP contribution in [-0.2, 0) is 0 Å². The molecule has 0 aliphatic heterocycles. The third-order valence-electron chi connectivity index (χ3n) is 7.70. The minimum atomic E-state index is -0.924. The van der Waals surface area contributed by atoms with E-state index in [0.29, 0.717) is 32.0 Å². The van der Waals surface area contributed by atoms with Crippen LogP contribution in [0.1, 0.15) is 69.4 Å². The number of benzene rings is 4. The fraction of sp³-hybridized carbons (Fsp3) is 0.176. The van der Waals surface area contributed by atoms with Crippen LogP contribution in [0.5, 0.6) is 0 Å². The van der Waals surface area contributed by atoms with Gasteiger partial charge in [0.2, 0.25) is 0 Å². The first-order chi connectivity index (χ1) is 21.7. The highest BCUT2D eigenvalue weighted by Gasteiger charge is 2.31. The monoisotopic (exact) mass is 766 g/mol. The Morgan fingerprint density at radius 3 is 1.91 bits per heavy atom. The highest BCUT2D eigenvalue weighted by molar-refractivity contribution is 9.10. The Labute approximate surface area is 285 Å². The van der Waals surface area contributed by atoms with E-state index in [0.717, 1.165) is 63.2 Å². The van der Waals surface area contributed by atoms with Crippen LogP contribution in [0.25, 0.3) is 21.8 Å². The first kappa shape index (κ1) is 31.5. The Kier molecular flexibility index (Phi) is 9.42. The van der Waals surface area contributed by atoms with E-state index in [-0.39, 0.29) is 11.5 Å². The number of carbonyl (C=O) groups excluding carboxylic acids is 1. The normalized spacial score (nSPS) is 14.0. The van der Waals surface area contributed by atoms with Crippen LogP contribution >= 0.6 is 55.1 Å². The van der Waals surface area contributed by atoms with E-state index in [4.69, 9.17) is 28.3 Å².